The van der Waals surface area contributed by atoms with Gasteiger partial charge in [-0.1, -0.05) is 51.3 Å². The fraction of sp³-hybridized carbons (Fsp3) is 0.565. The average molecular weight is 386 g/mol. The van der Waals surface area contributed by atoms with Crippen LogP contribution in [0.15, 0.2) is 30.3 Å². The van der Waals surface area contributed by atoms with E-state index in [4.69, 9.17) is 14.2 Å². The summed E-state index contributed by atoms with van der Waals surface area (Å²) in [5.41, 5.74) is 0.736. The summed E-state index contributed by atoms with van der Waals surface area (Å²) in [5.74, 6) is 5.66. The summed E-state index contributed by atoms with van der Waals surface area (Å²) >= 11 is 0. The highest BCUT2D eigenvalue weighted by molar-refractivity contribution is 5.89. The van der Waals surface area contributed by atoms with E-state index in [0.29, 0.717) is 17.8 Å². The Balaban J connectivity index is 1.63. The largest absolute Gasteiger partial charge is 0.460 e. The monoisotopic (exact) mass is 386 g/mol. The van der Waals surface area contributed by atoms with Crippen molar-refractivity contribution < 1.29 is 23.8 Å². The molecule has 0 aromatic heterocycles. The van der Waals surface area contributed by atoms with E-state index in [1.807, 2.05) is 18.2 Å². The van der Waals surface area contributed by atoms with Crippen LogP contribution in [-0.2, 0) is 23.8 Å². The molecule has 0 aliphatic heterocycles. The second-order valence-corrected chi connectivity index (χ2v) is 7.65. The maximum Gasteiger partial charge on any atom is 0.384 e. The Bertz CT molecular complexity index is 686. The fourth-order valence-corrected chi connectivity index (χ4v) is 3.49. The third-order valence-electron chi connectivity index (χ3n) is 5.04. The molecule has 152 valence electrons. The van der Waals surface area contributed by atoms with Crippen molar-refractivity contribution in [2.75, 3.05) is 19.8 Å². The van der Waals surface area contributed by atoms with Crippen LogP contribution in [0.4, 0.5) is 0 Å². The molecule has 5 heteroatoms. The second-order valence-electron chi connectivity index (χ2n) is 7.65. The highest BCUT2D eigenvalue weighted by Gasteiger charge is 2.31. The van der Waals surface area contributed by atoms with E-state index < -0.39 is 11.9 Å². The average Bonchev–Trinajstić information content (AvgIpc) is 2.68. The lowest BCUT2D eigenvalue weighted by Gasteiger charge is -2.36. The summed E-state index contributed by atoms with van der Waals surface area (Å²) in [4.78, 5) is 23.4. The Hall–Kier alpha value is -2.32. The molecule has 0 radical (unpaired) electrons. The first-order valence-electron chi connectivity index (χ1n) is 9.96. The minimum atomic E-state index is -0.646. The maximum atomic E-state index is 11.9. The smallest absolute Gasteiger partial charge is 0.384 e. The van der Waals surface area contributed by atoms with Gasteiger partial charge in [-0.05, 0) is 42.7 Å². The molecule has 1 saturated carbocycles. The summed E-state index contributed by atoms with van der Waals surface area (Å²) in [6.07, 6.45) is 3.43. The molecule has 0 spiro atoms. The molecule has 0 bridgehead atoms. The van der Waals surface area contributed by atoms with Crippen LogP contribution in [0.2, 0.25) is 0 Å². The molecular formula is C23H30O5. The molecule has 0 N–H and O–H groups in total. The predicted molar refractivity (Wildman–Crippen MR) is 106 cm³/mol. The van der Waals surface area contributed by atoms with Crippen LogP contribution in [0, 0.1) is 29.6 Å². The number of rotatable bonds is 7. The number of ether oxygens (including phenoxy) is 3. The highest BCUT2D eigenvalue weighted by Crippen LogP contribution is 2.35. The molecule has 0 amide bonds. The normalized spacial score (nSPS) is 21.5. The van der Waals surface area contributed by atoms with E-state index in [9.17, 15) is 9.59 Å². The molecule has 1 aromatic carbocycles. The maximum absolute atomic E-state index is 11.9. The van der Waals surface area contributed by atoms with Gasteiger partial charge in [0.2, 0.25) is 0 Å². The summed E-state index contributed by atoms with van der Waals surface area (Å²) in [6.45, 7) is 6.52. The van der Waals surface area contributed by atoms with Gasteiger partial charge in [-0.15, -0.1) is 0 Å². The van der Waals surface area contributed by atoms with Gasteiger partial charge in [0, 0.05) is 11.5 Å². The number of hydrogen-bond donors (Lipinski definition) is 0. The zero-order valence-electron chi connectivity index (χ0n) is 17.0. The Morgan fingerprint density at radius 1 is 1.11 bits per heavy atom. The van der Waals surface area contributed by atoms with E-state index in [-0.39, 0.29) is 25.9 Å². The van der Waals surface area contributed by atoms with Crippen molar-refractivity contribution in [3.05, 3.63) is 35.9 Å². The van der Waals surface area contributed by atoms with Crippen LogP contribution < -0.4 is 0 Å². The van der Waals surface area contributed by atoms with Crippen LogP contribution in [-0.4, -0.2) is 37.9 Å². The minimum absolute atomic E-state index is 0.00434. The molecular weight excluding hydrogens is 356 g/mol. The van der Waals surface area contributed by atoms with E-state index in [1.54, 1.807) is 12.1 Å². The van der Waals surface area contributed by atoms with Gasteiger partial charge in [0.05, 0.1) is 6.10 Å². The summed E-state index contributed by atoms with van der Waals surface area (Å²) in [7, 11) is 0. The van der Waals surface area contributed by atoms with Crippen molar-refractivity contribution in [3.63, 3.8) is 0 Å². The predicted octanol–water partition coefficient (Wildman–Crippen LogP) is 3.60. The number of carbonyl (C=O) groups excluding carboxylic acids is 2. The molecule has 1 aliphatic rings. The van der Waals surface area contributed by atoms with E-state index in [0.717, 1.165) is 18.4 Å². The first kappa shape index (κ1) is 22.0. The number of benzene rings is 1. The molecule has 3 atom stereocenters. The quantitative estimate of drug-likeness (QED) is 0.407. The van der Waals surface area contributed by atoms with Gasteiger partial charge in [-0.3, -0.25) is 0 Å². The Kier molecular flexibility index (Phi) is 9.03. The molecule has 0 heterocycles. The molecule has 0 unspecified atom stereocenters. The standard InChI is InChI=1S/C23H30O5/c1-17(2)20-11-9-18(3)15-21(20)28-16-23(25)27-14-13-26-22(24)12-10-19-7-5-4-6-8-19/h4-8,17-18,20-21H,9,11,13-16H2,1-3H3/t18-,20+,21-/m1/s1. The Labute approximate surface area is 167 Å². The molecule has 28 heavy (non-hydrogen) atoms. The first-order valence-corrected chi connectivity index (χ1v) is 9.96. The number of carbonyl (C=O) groups is 2. The lowest BCUT2D eigenvalue weighted by atomic mass is 9.75. The Morgan fingerprint density at radius 3 is 2.54 bits per heavy atom. The van der Waals surface area contributed by atoms with Crippen molar-refractivity contribution in [2.24, 2.45) is 17.8 Å². The van der Waals surface area contributed by atoms with Gasteiger partial charge in [-0.25, -0.2) is 9.59 Å². The van der Waals surface area contributed by atoms with E-state index in [1.165, 1.54) is 6.42 Å². The lowest BCUT2D eigenvalue weighted by molar-refractivity contribution is -0.157. The third-order valence-corrected chi connectivity index (χ3v) is 5.04. The van der Waals surface area contributed by atoms with Crippen molar-refractivity contribution in [1.29, 1.82) is 0 Å². The topological polar surface area (TPSA) is 61.8 Å². The second kappa shape index (κ2) is 11.5. The van der Waals surface area contributed by atoms with Crippen molar-refractivity contribution in [1.82, 2.24) is 0 Å². The Morgan fingerprint density at radius 2 is 1.82 bits per heavy atom. The van der Waals surface area contributed by atoms with Gasteiger partial charge in [0.1, 0.15) is 19.8 Å². The van der Waals surface area contributed by atoms with Crippen LogP contribution in [0.25, 0.3) is 0 Å². The SMILES string of the molecule is CC(C)[C@@H]1CC[C@@H](C)C[C@H]1OCC(=O)OCCOC(=O)C#Cc1ccccc1. The number of esters is 2. The van der Waals surface area contributed by atoms with Crippen molar-refractivity contribution in [3.8, 4) is 11.8 Å². The van der Waals surface area contributed by atoms with Crippen LogP contribution in [0.5, 0.6) is 0 Å². The first-order chi connectivity index (χ1) is 13.5. The lowest BCUT2D eigenvalue weighted by Crippen LogP contribution is -2.35. The zero-order valence-corrected chi connectivity index (χ0v) is 17.0. The molecule has 1 fully saturated rings. The molecule has 1 aromatic rings. The van der Waals surface area contributed by atoms with Crippen molar-refractivity contribution >= 4 is 11.9 Å². The van der Waals surface area contributed by atoms with Crippen LogP contribution >= 0.6 is 0 Å². The van der Waals surface area contributed by atoms with E-state index >= 15 is 0 Å². The minimum Gasteiger partial charge on any atom is -0.460 e. The van der Waals surface area contributed by atoms with Gasteiger partial charge in [0.15, 0.2) is 0 Å². The van der Waals surface area contributed by atoms with Gasteiger partial charge in [-0.2, -0.15) is 0 Å². The van der Waals surface area contributed by atoms with Gasteiger partial charge >= 0.3 is 11.9 Å². The van der Waals surface area contributed by atoms with Gasteiger partial charge in [0.25, 0.3) is 0 Å². The molecule has 2 rings (SSSR count). The zero-order chi connectivity index (χ0) is 20.4. The third kappa shape index (κ3) is 7.74. The van der Waals surface area contributed by atoms with Crippen LogP contribution in [0.1, 0.15) is 45.6 Å². The molecule has 1 aliphatic carbocycles. The summed E-state index contributed by atoms with van der Waals surface area (Å²) in [5, 5.41) is 0. The van der Waals surface area contributed by atoms with Crippen LogP contribution in [0.3, 0.4) is 0 Å². The van der Waals surface area contributed by atoms with Gasteiger partial charge < -0.3 is 14.2 Å². The molecule has 0 saturated heterocycles. The number of hydrogen-bond acceptors (Lipinski definition) is 5. The fourth-order valence-electron chi connectivity index (χ4n) is 3.49. The van der Waals surface area contributed by atoms with E-state index in [2.05, 4.69) is 32.6 Å². The summed E-state index contributed by atoms with van der Waals surface area (Å²) in [6, 6.07) is 9.17. The summed E-state index contributed by atoms with van der Waals surface area (Å²) < 4.78 is 15.9. The molecule has 5 nitrogen and oxygen atoms in total. The highest BCUT2D eigenvalue weighted by atomic mass is 16.6. The van der Waals surface area contributed by atoms with Crippen molar-refractivity contribution in [2.45, 2.75) is 46.1 Å².